The normalized spacial score (nSPS) is 11.0. The van der Waals surface area contributed by atoms with Gasteiger partial charge >= 0.3 is 5.97 Å². The summed E-state index contributed by atoms with van der Waals surface area (Å²) in [4.78, 5) is 15.0. The van der Waals surface area contributed by atoms with Crippen molar-refractivity contribution in [2.75, 3.05) is 7.11 Å². The molecule has 108 valence electrons. The molecule has 0 unspecified atom stereocenters. The van der Waals surface area contributed by atoms with Crippen LogP contribution in [0.1, 0.15) is 0 Å². The lowest BCUT2D eigenvalue weighted by atomic mass is 10.1. The number of nitrogens with zero attached hydrogens (tertiary/aromatic N) is 1. The zero-order chi connectivity index (χ0) is 15.2. The summed E-state index contributed by atoms with van der Waals surface area (Å²) in [6.07, 6.45) is 4.08. The predicted octanol–water partition coefficient (Wildman–Crippen LogP) is 3.35. The number of benzene rings is 1. The molecule has 0 atom stereocenters. The maximum atomic E-state index is 11.0. The van der Waals surface area contributed by atoms with E-state index < -0.39 is 5.97 Å². The average Bonchev–Trinajstić information content (AvgIpc) is 2.48. The van der Waals surface area contributed by atoms with Gasteiger partial charge in [-0.25, -0.2) is 4.79 Å². The molecule has 6 heteroatoms. The summed E-state index contributed by atoms with van der Waals surface area (Å²) in [7, 11) is 1.34. The van der Waals surface area contributed by atoms with Crippen LogP contribution in [-0.4, -0.2) is 23.2 Å². The molecule has 2 aromatic rings. The quantitative estimate of drug-likeness (QED) is 0.677. The second kappa shape index (κ2) is 6.76. The maximum Gasteiger partial charge on any atom is 0.375 e. The predicted molar refractivity (Wildman–Crippen MR) is 78.0 cm³/mol. The van der Waals surface area contributed by atoms with Crippen molar-refractivity contribution >= 4 is 17.6 Å². The highest BCUT2D eigenvalue weighted by molar-refractivity contribution is 6.30. The number of hydrogen-bond donors (Lipinski definition) is 1. The summed E-state index contributed by atoms with van der Waals surface area (Å²) in [6, 6.07) is 8.89. The Hall–Kier alpha value is -2.53. The van der Waals surface area contributed by atoms with E-state index in [4.69, 9.17) is 21.4 Å². The van der Waals surface area contributed by atoms with Crippen LogP contribution in [-0.2, 0) is 9.53 Å². The van der Waals surface area contributed by atoms with Crippen LogP contribution in [0.5, 0.6) is 5.75 Å². The van der Waals surface area contributed by atoms with Crippen molar-refractivity contribution in [1.82, 2.24) is 4.98 Å². The van der Waals surface area contributed by atoms with E-state index in [9.17, 15) is 4.79 Å². The maximum absolute atomic E-state index is 11.0. The zero-order valence-electron chi connectivity index (χ0n) is 11.1. The lowest BCUT2D eigenvalue weighted by molar-refractivity contribution is -0.135. The fourth-order valence-corrected chi connectivity index (χ4v) is 1.75. The van der Waals surface area contributed by atoms with Crippen molar-refractivity contribution in [1.29, 1.82) is 0 Å². The summed E-state index contributed by atoms with van der Waals surface area (Å²) in [5, 5.41) is 9.61. The molecule has 0 radical (unpaired) electrons. The molecule has 0 bridgehead atoms. The van der Waals surface area contributed by atoms with E-state index in [1.165, 1.54) is 13.3 Å². The van der Waals surface area contributed by atoms with Gasteiger partial charge in [-0.2, -0.15) is 0 Å². The van der Waals surface area contributed by atoms with Gasteiger partial charge in [-0.15, -0.1) is 0 Å². The van der Waals surface area contributed by atoms with Crippen LogP contribution in [0.2, 0.25) is 5.02 Å². The van der Waals surface area contributed by atoms with Gasteiger partial charge in [0, 0.05) is 16.8 Å². The molecular weight excluding hydrogens is 294 g/mol. The van der Waals surface area contributed by atoms with Crippen LogP contribution in [0.4, 0.5) is 0 Å². The minimum atomic E-state index is -1.23. The van der Waals surface area contributed by atoms with Gasteiger partial charge in [0.25, 0.3) is 0 Å². The number of halogens is 1. The average molecular weight is 306 g/mol. The summed E-state index contributed by atoms with van der Waals surface area (Å²) in [5.41, 5.74) is 1.68. The van der Waals surface area contributed by atoms with Crippen LogP contribution in [0.3, 0.4) is 0 Å². The smallest absolute Gasteiger partial charge is 0.375 e. The molecule has 5 nitrogen and oxygen atoms in total. The van der Waals surface area contributed by atoms with E-state index in [0.29, 0.717) is 10.8 Å². The number of ether oxygens (including phenoxy) is 2. The topological polar surface area (TPSA) is 68.7 Å². The third-order valence-electron chi connectivity index (χ3n) is 2.55. The van der Waals surface area contributed by atoms with Gasteiger partial charge in [-0.3, -0.25) is 4.98 Å². The van der Waals surface area contributed by atoms with E-state index in [0.717, 1.165) is 17.4 Å². The number of pyridine rings is 1. The molecule has 1 N–H and O–H groups in total. The van der Waals surface area contributed by atoms with Gasteiger partial charge < -0.3 is 14.6 Å². The summed E-state index contributed by atoms with van der Waals surface area (Å²) < 4.78 is 9.91. The fraction of sp³-hybridized carbons (Fsp3) is 0.0667. The third kappa shape index (κ3) is 3.97. The Kier molecular flexibility index (Phi) is 4.79. The molecule has 21 heavy (non-hydrogen) atoms. The zero-order valence-corrected chi connectivity index (χ0v) is 11.9. The van der Waals surface area contributed by atoms with E-state index in [1.54, 1.807) is 24.4 Å². The Bertz CT molecular complexity index is 668. The highest BCUT2D eigenvalue weighted by Gasteiger charge is 2.11. The van der Waals surface area contributed by atoms with Gasteiger partial charge in [0.05, 0.1) is 13.3 Å². The molecule has 0 aliphatic carbocycles. The van der Waals surface area contributed by atoms with Crippen molar-refractivity contribution in [2.24, 2.45) is 0 Å². The van der Waals surface area contributed by atoms with E-state index in [2.05, 4.69) is 9.72 Å². The highest BCUT2D eigenvalue weighted by atomic mass is 35.5. The molecule has 2 rings (SSSR count). The van der Waals surface area contributed by atoms with Crippen molar-refractivity contribution in [2.45, 2.75) is 0 Å². The molecule has 0 spiro atoms. The molecular formula is C15H12ClNO4. The number of rotatable bonds is 5. The molecule has 1 aromatic heterocycles. The van der Waals surface area contributed by atoms with Gasteiger partial charge in [0.2, 0.25) is 5.76 Å². The van der Waals surface area contributed by atoms with E-state index in [-0.39, 0.29) is 5.76 Å². The number of carboxylic acids is 1. The molecule has 0 aliphatic heterocycles. The van der Waals surface area contributed by atoms with Crippen molar-refractivity contribution in [3.05, 3.63) is 59.8 Å². The van der Waals surface area contributed by atoms with Crippen molar-refractivity contribution < 1.29 is 19.4 Å². The van der Waals surface area contributed by atoms with E-state index >= 15 is 0 Å². The van der Waals surface area contributed by atoms with Crippen molar-refractivity contribution in [3.63, 3.8) is 0 Å². The molecule has 0 saturated heterocycles. The molecule has 0 saturated carbocycles. The summed E-state index contributed by atoms with van der Waals surface area (Å²) in [5.74, 6) is -1.26. The molecule has 1 aromatic carbocycles. The van der Waals surface area contributed by atoms with Crippen LogP contribution in [0.15, 0.2) is 54.7 Å². The second-order valence-electron chi connectivity index (χ2n) is 4.04. The SMILES string of the molecule is COC=C(Oc1cncc(-c2ccc(Cl)cc2)c1)C(=O)O. The molecule has 0 fully saturated rings. The Morgan fingerprint density at radius 1 is 1.24 bits per heavy atom. The Labute approximate surface area is 126 Å². The van der Waals surface area contributed by atoms with Crippen LogP contribution < -0.4 is 4.74 Å². The van der Waals surface area contributed by atoms with Gasteiger partial charge in [-0.1, -0.05) is 23.7 Å². The Morgan fingerprint density at radius 2 is 1.95 bits per heavy atom. The number of methoxy groups -OCH3 is 1. The molecule has 0 amide bonds. The first-order valence-corrected chi connectivity index (χ1v) is 6.33. The van der Waals surface area contributed by atoms with Crippen molar-refractivity contribution in [3.8, 4) is 16.9 Å². The van der Waals surface area contributed by atoms with Crippen LogP contribution >= 0.6 is 11.6 Å². The summed E-state index contributed by atoms with van der Waals surface area (Å²) >= 11 is 5.84. The monoisotopic (exact) mass is 305 g/mol. The number of carbonyl (C=O) groups is 1. The minimum absolute atomic E-state index is 0.299. The second-order valence-corrected chi connectivity index (χ2v) is 4.48. The standard InChI is InChI=1S/C15H12ClNO4/c1-20-9-14(15(18)19)21-13-6-11(7-17-8-13)10-2-4-12(16)5-3-10/h2-9H,1H3,(H,18,19). The lowest BCUT2D eigenvalue weighted by Gasteiger charge is -2.07. The largest absolute Gasteiger partial charge is 0.500 e. The first-order valence-electron chi connectivity index (χ1n) is 5.95. The number of aliphatic carboxylic acids is 1. The summed E-state index contributed by atoms with van der Waals surface area (Å²) in [6.45, 7) is 0. The fourth-order valence-electron chi connectivity index (χ4n) is 1.63. The van der Waals surface area contributed by atoms with Crippen LogP contribution in [0.25, 0.3) is 11.1 Å². The third-order valence-corrected chi connectivity index (χ3v) is 2.81. The highest BCUT2D eigenvalue weighted by Crippen LogP contribution is 2.25. The Morgan fingerprint density at radius 3 is 2.57 bits per heavy atom. The number of hydrogen-bond acceptors (Lipinski definition) is 4. The van der Waals surface area contributed by atoms with E-state index in [1.807, 2.05) is 12.1 Å². The number of aromatic nitrogens is 1. The molecule has 1 heterocycles. The number of carboxylic acid groups (broad SMARTS) is 1. The van der Waals surface area contributed by atoms with Gasteiger partial charge in [0.1, 0.15) is 12.0 Å². The first kappa shape index (κ1) is 14.9. The van der Waals surface area contributed by atoms with Crippen LogP contribution in [0, 0.1) is 0 Å². The minimum Gasteiger partial charge on any atom is -0.500 e. The molecule has 0 aliphatic rings. The first-order chi connectivity index (χ1) is 10.1. The Balaban J connectivity index is 2.27. The van der Waals surface area contributed by atoms with Gasteiger partial charge in [-0.05, 0) is 23.8 Å². The lowest BCUT2D eigenvalue weighted by Crippen LogP contribution is -2.08. The van der Waals surface area contributed by atoms with Gasteiger partial charge in [0.15, 0.2) is 0 Å².